The van der Waals surface area contributed by atoms with E-state index in [9.17, 15) is 8.42 Å². The molecule has 0 heterocycles. The predicted molar refractivity (Wildman–Crippen MR) is 60.1 cm³/mol. The maximum atomic E-state index is 11.0. The zero-order chi connectivity index (χ0) is 11.2. The topological polar surface area (TPSA) is 63.4 Å². The highest BCUT2D eigenvalue weighted by atomic mass is 32.2. The van der Waals surface area contributed by atoms with Crippen molar-refractivity contribution >= 4 is 9.84 Å². The van der Waals surface area contributed by atoms with Crippen molar-refractivity contribution in [2.24, 2.45) is 5.73 Å². The van der Waals surface area contributed by atoms with Crippen molar-refractivity contribution in [2.45, 2.75) is 26.3 Å². The van der Waals surface area contributed by atoms with Crippen LogP contribution in [0, 0.1) is 0 Å². The first kappa shape index (κ1) is 13.9. The molecular weight excluding hydrogens is 200 g/mol. The lowest BCUT2D eigenvalue weighted by Crippen LogP contribution is -2.36. The summed E-state index contributed by atoms with van der Waals surface area (Å²) in [7, 11) is -2.85. The van der Waals surface area contributed by atoms with Gasteiger partial charge in [0.05, 0.1) is 5.75 Å². The molecule has 5 heteroatoms. The Balaban J connectivity index is 3.97. The molecule has 0 aliphatic rings. The molecule has 2 N–H and O–H groups in total. The molecule has 0 bridgehead atoms. The van der Waals surface area contributed by atoms with Crippen LogP contribution < -0.4 is 5.73 Å². The highest BCUT2D eigenvalue weighted by Gasteiger charge is 2.11. The monoisotopic (exact) mass is 222 g/mol. The fraction of sp³-hybridized carbons (Fsp3) is 1.00. The Morgan fingerprint density at radius 1 is 1.29 bits per heavy atom. The van der Waals surface area contributed by atoms with E-state index in [0.29, 0.717) is 19.1 Å². The van der Waals surface area contributed by atoms with Crippen LogP contribution in [-0.4, -0.2) is 51.0 Å². The van der Waals surface area contributed by atoms with E-state index in [0.717, 1.165) is 13.0 Å². The average molecular weight is 222 g/mol. The maximum absolute atomic E-state index is 11.0. The molecule has 0 radical (unpaired) electrons. The molecule has 14 heavy (non-hydrogen) atoms. The van der Waals surface area contributed by atoms with Crippen molar-refractivity contribution in [3.05, 3.63) is 0 Å². The number of rotatable bonds is 7. The van der Waals surface area contributed by atoms with Crippen molar-refractivity contribution in [1.82, 2.24) is 4.90 Å². The Kier molecular flexibility index (Phi) is 6.31. The number of sulfone groups is 1. The summed E-state index contributed by atoms with van der Waals surface area (Å²) < 4.78 is 22.0. The molecule has 0 aromatic rings. The molecule has 0 saturated carbocycles. The third-order valence-electron chi connectivity index (χ3n) is 2.13. The fourth-order valence-corrected chi connectivity index (χ4v) is 1.77. The lowest BCUT2D eigenvalue weighted by atomic mass is 10.3. The average Bonchev–Trinajstić information content (AvgIpc) is 2.01. The van der Waals surface area contributed by atoms with Crippen molar-refractivity contribution in [3.63, 3.8) is 0 Å². The van der Waals surface area contributed by atoms with Gasteiger partial charge in [0.15, 0.2) is 0 Å². The van der Waals surface area contributed by atoms with Crippen LogP contribution in [0.15, 0.2) is 0 Å². The van der Waals surface area contributed by atoms with Crippen LogP contribution in [0.5, 0.6) is 0 Å². The van der Waals surface area contributed by atoms with Crippen LogP contribution in [0.1, 0.15) is 20.3 Å². The molecule has 0 unspecified atom stereocenters. The van der Waals surface area contributed by atoms with Gasteiger partial charge in [-0.2, -0.15) is 0 Å². The summed E-state index contributed by atoms with van der Waals surface area (Å²) in [5, 5.41) is 0. The number of hydrogen-bond donors (Lipinski definition) is 1. The van der Waals surface area contributed by atoms with Crippen LogP contribution >= 0.6 is 0 Å². The molecule has 0 aromatic carbocycles. The Bertz CT molecular complexity index is 237. The van der Waals surface area contributed by atoms with E-state index < -0.39 is 9.84 Å². The fourth-order valence-electron chi connectivity index (χ4n) is 1.21. The van der Waals surface area contributed by atoms with Gasteiger partial charge in [0, 0.05) is 18.8 Å². The molecule has 0 spiro atoms. The number of nitrogens with zero attached hydrogens (tertiary/aromatic N) is 1. The summed E-state index contributed by atoms with van der Waals surface area (Å²) in [6.07, 6.45) is 2.19. The summed E-state index contributed by atoms with van der Waals surface area (Å²) in [4.78, 5) is 2.15. The van der Waals surface area contributed by atoms with Gasteiger partial charge in [-0.15, -0.1) is 0 Å². The Hall–Kier alpha value is -0.130. The first-order valence-electron chi connectivity index (χ1n) is 4.98. The quantitative estimate of drug-likeness (QED) is 0.663. The van der Waals surface area contributed by atoms with E-state index in [2.05, 4.69) is 18.7 Å². The summed E-state index contributed by atoms with van der Waals surface area (Å²) in [5.74, 6) is 0.232. The van der Waals surface area contributed by atoms with Crippen LogP contribution in [0.4, 0.5) is 0 Å². The van der Waals surface area contributed by atoms with Crippen molar-refractivity contribution in [1.29, 1.82) is 0 Å². The largest absolute Gasteiger partial charge is 0.330 e. The Labute approximate surface area is 87.4 Å². The molecule has 0 fully saturated rings. The van der Waals surface area contributed by atoms with E-state index in [1.807, 2.05) is 0 Å². The second-order valence-corrected chi connectivity index (χ2v) is 6.16. The van der Waals surface area contributed by atoms with Gasteiger partial charge in [0.1, 0.15) is 9.84 Å². The minimum absolute atomic E-state index is 0.232. The van der Waals surface area contributed by atoms with E-state index >= 15 is 0 Å². The molecule has 0 amide bonds. The van der Waals surface area contributed by atoms with Crippen molar-refractivity contribution in [3.8, 4) is 0 Å². The zero-order valence-corrected chi connectivity index (χ0v) is 10.2. The van der Waals surface area contributed by atoms with Gasteiger partial charge in [-0.3, -0.25) is 4.90 Å². The minimum Gasteiger partial charge on any atom is -0.330 e. The predicted octanol–water partition coefficient (Wildman–Crippen LogP) is 0.0902. The second kappa shape index (κ2) is 6.37. The maximum Gasteiger partial charge on any atom is 0.148 e. The van der Waals surface area contributed by atoms with E-state index in [1.165, 1.54) is 6.26 Å². The molecule has 0 saturated heterocycles. The van der Waals surface area contributed by atoms with E-state index in [4.69, 9.17) is 5.73 Å². The van der Waals surface area contributed by atoms with Gasteiger partial charge in [0.25, 0.3) is 0 Å². The Morgan fingerprint density at radius 3 is 2.21 bits per heavy atom. The first-order chi connectivity index (χ1) is 6.37. The van der Waals surface area contributed by atoms with Gasteiger partial charge >= 0.3 is 0 Å². The molecular formula is C9H22N2O2S. The van der Waals surface area contributed by atoms with Gasteiger partial charge in [-0.1, -0.05) is 0 Å². The van der Waals surface area contributed by atoms with Crippen molar-refractivity contribution < 1.29 is 8.42 Å². The number of nitrogens with two attached hydrogens (primary N) is 1. The van der Waals surface area contributed by atoms with E-state index in [-0.39, 0.29) is 5.75 Å². The summed E-state index contributed by atoms with van der Waals surface area (Å²) in [5.41, 5.74) is 5.41. The first-order valence-corrected chi connectivity index (χ1v) is 7.04. The van der Waals surface area contributed by atoms with Gasteiger partial charge < -0.3 is 5.73 Å². The van der Waals surface area contributed by atoms with Gasteiger partial charge in [-0.25, -0.2) is 8.42 Å². The SMILES string of the molecule is CC(C)N(CCCN)CCS(C)(=O)=O. The molecule has 0 aliphatic heterocycles. The minimum atomic E-state index is -2.85. The Morgan fingerprint density at radius 2 is 1.86 bits per heavy atom. The summed E-state index contributed by atoms with van der Waals surface area (Å²) in [6.45, 7) is 6.28. The van der Waals surface area contributed by atoms with Crippen LogP contribution in [0.25, 0.3) is 0 Å². The van der Waals surface area contributed by atoms with Gasteiger partial charge in [0.2, 0.25) is 0 Å². The molecule has 0 aromatic heterocycles. The normalized spacial score (nSPS) is 12.7. The zero-order valence-electron chi connectivity index (χ0n) is 9.36. The van der Waals surface area contributed by atoms with Crippen LogP contribution in [0.3, 0.4) is 0 Å². The lowest BCUT2D eigenvalue weighted by molar-refractivity contribution is 0.233. The molecule has 0 rings (SSSR count). The third kappa shape index (κ3) is 7.29. The molecule has 86 valence electrons. The van der Waals surface area contributed by atoms with Crippen molar-refractivity contribution in [2.75, 3.05) is 31.6 Å². The van der Waals surface area contributed by atoms with Gasteiger partial charge in [-0.05, 0) is 33.4 Å². The highest BCUT2D eigenvalue weighted by Crippen LogP contribution is 2.00. The number of hydrogen-bond acceptors (Lipinski definition) is 4. The highest BCUT2D eigenvalue weighted by molar-refractivity contribution is 7.90. The van der Waals surface area contributed by atoms with E-state index in [1.54, 1.807) is 0 Å². The smallest absolute Gasteiger partial charge is 0.148 e. The molecule has 4 nitrogen and oxygen atoms in total. The summed E-state index contributed by atoms with van der Waals surface area (Å²) >= 11 is 0. The second-order valence-electron chi connectivity index (χ2n) is 3.90. The van der Waals surface area contributed by atoms with Crippen LogP contribution in [0.2, 0.25) is 0 Å². The lowest BCUT2D eigenvalue weighted by Gasteiger charge is -2.25. The van der Waals surface area contributed by atoms with Crippen LogP contribution in [-0.2, 0) is 9.84 Å². The molecule has 0 atom stereocenters. The standard InChI is InChI=1S/C9H22N2O2S/c1-9(2)11(6-4-5-10)7-8-14(3,12)13/h9H,4-8,10H2,1-3H3. The summed E-state index contributed by atoms with van der Waals surface area (Å²) in [6, 6.07) is 0.378. The molecule has 0 aliphatic carbocycles. The third-order valence-corrected chi connectivity index (χ3v) is 3.05.